The molecule has 0 saturated carbocycles. The van der Waals surface area contributed by atoms with Crippen LogP contribution in [0.3, 0.4) is 0 Å². The molecule has 0 radical (unpaired) electrons. The van der Waals surface area contributed by atoms with Crippen molar-refractivity contribution >= 4 is 11.8 Å². The van der Waals surface area contributed by atoms with Crippen molar-refractivity contribution in [1.82, 2.24) is 25.0 Å². The maximum absolute atomic E-state index is 12.8. The standard InChI is InChI=1S/C17H23N5O3/c1-3-8-22-9-17-6-4-11(25-17)13(14(17)16(22)24)15(23)18-7-5-12-19-10-20-21(12)2/h4,6,10-11,13-14H,3,5,7-9H2,1-2H3,(H,18,23)/t11-,13-,14+,17-/m1/s1. The van der Waals surface area contributed by atoms with Gasteiger partial charge < -0.3 is 15.0 Å². The topological polar surface area (TPSA) is 89.3 Å². The molecule has 1 aromatic rings. The normalized spacial score (nSPS) is 32.5. The molecule has 0 aromatic carbocycles. The van der Waals surface area contributed by atoms with Crippen LogP contribution < -0.4 is 5.32 Å². The van der Waals surface area contributed by atoms with E-state index in [4.69, 9.17) is 4.74 Å². The zero-order valence-corrected chi connectivity index (χ0v) is 14.5. The van der Waals surface area contributed by atoms with Gasteiger partial charge in [-0.3, -0.25) is 14.3 Å². The fourth-order valence-corrected chi connectivity index (χ4v) is 4.30. The lowest BCUT2D eigenvalue weighted by molar-refractivity contribution is -0.137. The molecule has 1 spiro atoms. The first-order chi connectivity index (χ1) is 12.1. The Morgan fingerprint density at radius 3 is 3.08 bits per heavy atom. The molecule has 134 valence electrons. The monoisotopic (exact) mass is 345 g/mol. The van der Waals surface area contributed by atoms with Gasteiger partial charge in [0, 0.05) is 26.6 Å². The number of carbonyl (C=O) groups excluding carboxylic acids is 2. The number of carbonyl (C=O) groups is 2. The Hall–Kier alpha value is -2.22. The SMILES string of the molecule is CCCN1C[C@@]23C=C[C@@H](O2)[C@@H](C(=O)NCCc2ncnn2C)[C@H]3C1=O. The lowest BCUT2D eigenvalue weighted by atomic mass is 9.77. The van der Waals surface area contributed by atoms with E-state index in [-0.39, 0.29) is 17.9 Å². The molecule has 4 atom stereocenters. The summed E-state index contributed by atoms with van der Waals surface area (Å²) in [5.41, 5.74) is -0.609. The molecule has 1 aromatic heterocycles. The number of fused-ring (bicyclic) bond motifs is 1. The Balaban J connectivity index is 1.43. The summed E-state index contributed by atoms with van der Waals surface area (Å²) in [4.78, 5) is 31.5. The Bertz CT molecular complexity index is 730. The molecular formula is C17H23N5O3. The number of amides is 2. The number of aromatic nitrogens is 3. The van der Waals surface area contributed by atoms with Crippen LogP contribution in [0.2, 0.25) is 0 Å². The summed E-state index contributed by atoms with van der Waals surface area (Å²) in [6.45, 7) is 3.77. The first-order valence-corrected chi connectivity index (χ1v) is 8.82. The van der Waals surface area contributed by atoms with E-state index in [1.165, 1.54) is 6.33 Å². The van der Waals surface area contributed by atoms with Gasteiger partial charge in [-0.25, -0.2) is 4.98 Å². The summed E-state index contributed by atoms with van der Waals surface area (Å²) in [6.07, 6.45) is 6.62. The highest BCUT2D eigenvalue weighted by molar-refractivity contribution is 5.93. The largest absolute Gasteiger partial charge is 0.360 e. The molecule has 2 fully saturated rings. The maximum Gasteiger partial charge on any atom is 0.230 e. The van der Waals surface area contributed by atoms with Crippen LogP contribution in [0.15, 0.2) is 18.5 Å². The average molecular weight is 345 g/mol. The molecular weight excluding hydrogens is 322 g/mol. The number of aryl methyl sites for hydroxylation is 1. The van der Waals surface area contributed by atoms with E-state index in [0.717, 1.165) is 12.2 Å². The number of nitrogens with one attached hydrogen (secondary N) is 1. The Labute approximate surface area is 146 Å². The summed E-state index contributed by atoms with van der Waals surface area (Å²) in [6, 6.07) is 0. The second kappa shape index (κ2) is 5.94. The summed E-state index contributed by atoms with van der Waals surface area (Å²) in [5.74, 6) is -0.105. The van der Waals surface area contributed by atoms with E-state index in [9.17, 15) is 9.59 Å². The lowest BCUT2D eigenvalue weighted by Crippen LogP contribution is -2.44. The zero-order valence-electron chi connectivity index (χ0n) is 14.5. The summed E-state index contributed by atoms with van der Waals surface area (Å²) < 4.78 is 7.76. The highest BCUT2D eigenvalue weighted by Crippen LogP contribution is 2.51. The molecule has 2 bridgehead atoms. The van der Waals surface area contributed by atoms with Gasteiger partial charge in [0.25, 0.3) is 0 Å². The number of ether oxygens (including phenoxy) is 1. The molecule has 8 heteroatoms. The fraction of sp³-hybridized carbons (Fsp3) is 0.647. The predicted octanol–water partition coefficient (Wildman–Crippen LogP) is -0.334. The third-order valence-electron chi connectivity index (χ3n) is 5.43. The Morgan fingerprint density at radius 1 is 1.52 bits per heavy atom. The lowest BCUT2D eigenvalue weighted by Gasteiger charge is -2.23. The molecule has 3 aliphatic rings. The number of hydrogen-bond donors (Lipinski definition) is 1. The minimum atomic E-state index is -0.609. The minimum absolute atomic E-state index is 0.0437. The summed E-state index contributed by atoms with van der Waals surface area (Å²) >= 11 is 0. The van der Waals surface area contributed by atoms with Crippen LogP contribution in [0, 0.1) is 11.8 Å². The van der Waals surface area contributed by atoms with E-state index in [2.05, 4.69) is 15.4 Å². The van der Waals surface area contributed by atoms with Gasteiger partial charge in [0.15, 0.2) is 0 Å². The smallest absolute Gasteiger partial charge is 0.230 e. The van der Waals surface area contributed by atoms with E-state index in [1.807, 2.05) is 31.0 Å². The van der Waals surface area contributed by atoms with Gasteiger partial charge in [-0.05, 0) is 6.42 Å². The zero-order chi connectivity index (χ0) is 17.6. The van der Waals surface area contributed by atoms with Crippen LogP contribution in [0.25, 0.3) is 0 Å². The molecule has 0 aliphatic carbocycles. The molecule has 3 aliphatic heterocycles. The molecule has 2 amide bonds. The number of likely N-dealkylation sites (tertiary alicyclic amines) is 1. The van der Waals surface area contributed by atoms with Crippen LogP contribution in [-0.4, -0.2) is 62.8 Å². The number of nitrogens with zero attached hydrogens (tertiary/aromatic N) is 4. The molecule has 25 heavy (non-hydrogen) atoms. The van der Waals surface area contributed by atoms with Gasteiger partial charge in [0.2, 0.25) is 11.8 Å². The van der Waals surface area contributed by atoms with Crippen molar-refractivity contribution in [2.75, 3.05) is 19.6 Å². The first kappa shape index (κ1) is 16.3. The third kappa shape index (κ3) is 2.47. The molecule has 4 rings (SSSR count). The van der Waals surface area contributed by atoms with Crippen LogP contribution in [-0.2, 0) is 27.8 Å². The van der Waals surface area contributed by atoms with E-state index in [0.29, 0.717) is 26.1 Å². The Morgan fingerprint density at radius 2 is 2.36 bits per heavy atom. The highest BCUT2D eigenvalue weighted by atomic mass is 16.5. The van der Waals surface area contributed by atoms with Crippen LogP contribution in [0.4, 0.5) is 0 Å². The van der Waals surface area contributed by atoms with Crippen molar-refractivity contribution in [2.24, 2.45) is 18.9 Å². The Kier molecular flexibility index (Phi) is 3.87. The van der Waals surface area contributed by atoms with Gasteiger partial charge in [-0.1, -0.05) is 19.1 Å². The van der Waals surface area contributed by atoms with E-state index < -0.39 is 17.4 Å². The fourth-order valence-electron chi connectivity index (χ4n) is 4.30. The molecule has 8 nitrogen and oxygen atoms in total. The summed E-state index contributed by atoms with van der Waals surface area (Å²) in [5, 5.41) is 6.96. The number of rotatable bonds is 6. The molecule has 2 saturated heterocycles. The molecule has 4 heterocycles. The number of hydrogen-bond acceptors (Lipinski definition) is 5. The highest BCUT2D eigenvalue weighted by Gasteiger charge is 2.66. The predicted molar refractivity (Wildman–Crippen MR) is 88.3 cm³/mol. The van der Waals surface area contributed by atoms with Gasteiger partial charge in [-0.2, -0.15) is 5.10 Å². The second-order valence-corrected chi connectivity index (χ2v) is 7.00. The van der Waals surface area contributed by atoms with Gasteiger partial charge in [0.1, 0.15) is 17.8 Å². The average Bonchev–Trinajstić information content (AvgIpc) is 3.31. The summed E-state index contributed by atoms with van der Waals surface area (Å²) in [7, 11) is 1.82. The van der Waals surface area contributed by atoms with Crippen molar-refractivity contribution < 1.29 is 14.3 Å². The van der Waals surface area contributed by atoms with Gasteiger partial charge in [-0.15, -0.1) is 0 Å². The van der Waals surface area contributed by atoms with Gasteiger partial charge >= 0.3 is 0 Å². The van der Waals surface area contributed by atoms with Crippen LogP contribution in [0.1, 0.15) is 19.2 Å². The maximum atomic E-state index is 12.8. The van der Waals surface area contributed by atoms with Gasteiger partial charge in [0.05, 0.1) is 24.5 Å². The third-order valence-corrected chi connectivity index (χ3v) is 5.43. The second-order valence-electron chi connectivity index (χ2n) is 7.00. The van der Waals surface area contributed by atoms with E-state index in [1.54, 1.807) is 4.68 Å². The van der Waals surface area contributed by atoms with Crippen molar-refractivity contribution in [3.8, 4) is 0 Å². The van der Waals surface area contributed by atoms with Crippen LogP contribution in [0.5, 0.6) is 0 Å². The first-order valence-electron chi connectivity index (χ1n) is 8.82. The van der Waals surface area contributed by atoms with Crippen molar-refractivity contribution in [2.45, 2.75) is 31.5 Å². The van der Waals surface area contributed by atoms with Crippen molar-refractivity contribution in [3.63, 3.8) is 0 Å². The molecule has 1 N–H and O–H groups in total. The van der Waals surface area contributed by atoms with Crippen LogP contribution >= 0.6 is 0 Å². The van der Waals surface area contributed by atoms with E-state index >= 15 is 0 Å². The van der Waals surface area contributed by atoms with Crippen molar-refractivity contribution in [1.29, 1.82) is 0 Å². The minimum Gasteiger partial charge on any atom is -0.360 e. The quantitative estimate of drug-likeness (QED) is 0.713. The molecule has 0 unspecified atom stereocenters. The van der Waals surface area contributed by atoms with Crippen molar-refractivity contribution in [3.05, 3.63) is 24.3 Å².